The Hall–Kier alpha value is -5.83. The van der Waals surface area contributed by atoms with Gasteiger partial charge in [-0.25, -0.2) is 9.37 Å². The van der Waals surface area contributed by atoms with Gasteiger partial charge in [0.05, 0.1) is 45.2 Å². The molecule has 62 heavy (non-hydrogen) atoms. The zero-order valence-corrected chi connectivity index (χ0v) is 35.9. The average molecular weight is 860 g/mol. The number of benzene rings is 2. The highest BCUT2D eigenvalue weighted by molar-refractivity contribution is 6.31. The third kappa shape index (κ3) is 6.98. The molecule has 9 rings (SSSR count). The van der Waals surface area contributed by atoms with Gasteiger partial charge in [-0.2, -0.15) is 5.26 Å². The van der Waals surface area contributed by atoms with Crippen LogP contribution in [0.5, 0.6) is 5.75 Å². The average Bonchev–Trinajstić information content (AvgIpc) is 3.68. The Labute approximate surface area is 364 Å². The summed E-state index contributed by atoms with van der Waals surface area (Å²) in [6.45, 7) is 11.4. The molecular formula is C47H47ClFN7O6. The first-order valence-corrected chi connectivity index (χ1v) is 21.7. The van der Waals surface area contributed by atoms with Gasteiger partial charge < -0.3 is 14.5 Å². The number of carbonyl (C=O) groups is 5. The van der Waals surface area contributed by atoms with Gasteiger partial charge in [-0.05, 0) is 74.4 Å². The topological polar surface area (TPSA) is 156 Å². The number of ether oxygens (including phenoxy) is 1. The summed E-state index contributed by atoms with van der Waals surface area (Å²) >= 11 is 6.29. The second-order valence-electron chi connectivity index (χ2n) is 18.5. The van der Waals surface area contributed by atoms with Crippen LogP contribution in [0.2, 0.25) is 5.02 Å². The molecule has 1 aromatic heterocycles. The predicted octanol–water partition coefficient (Wildman–Crippen LogP) is 5.72. The van der Waals surface area contributed by atoms with E-state index in [1.165, 1.54) is 6.07 Å². The van der Waals surface area contributed by atoms with Gasteiger partial charge in [0.15, 0.2) is 0 Å². The summed E-state index contributed by atoms with van der Waals surface area (Å²) < 4.78 is 22.0. The minimum atomic E-state index is -1.11. The van der Waals surface area contributed by atoms with Crippen LogP contribution in [0.4, 0.5) is 10.1 Å². The molecule has 0 bridgehead atoms. The summed E-state index contributed by atoms with van der Waals surface area (Å²) in [5, 5.41) is 11.8. The number of nitrogens with zero attached hydrogens (tertiary/aromatic N) is 6. The minimum Gasteiger partial charge on any atom is -0.489 e. The van der Waals surface area contributed by atoms with E-state index >= 15 is 4.39 Å². The Kier molecular flexibility index (Phi) is 10.4. The standard InChI is InChI=1S/C47H47ClFN7O6/c1-46(2)44(47(3,4)45(46)62-30-13-8-27(24-50)34(48)21-30)55-25-36-31(41(55)59)14-10-28(51-36)9-5-26-6-11-29(12-7-26)53-17-19-54(20-18-53)38-23-33-32(22-35(38)49)42(60)56(43(33)61)37-15-16-39(57)52-40(37)58/h8,10,13-14,21-23,26,29,37,44-45H,6-7,11-12,15-20,25H2,1-4H3,(H,52,57,58). The van der Waals surface area contributed by atoms with Gasteiger partial charge in [-0.15, -0.1) is 0 Å². The molecule has 2 saturated heterocycles. The van der Waals surface area contributed by atoms with E-state index in [1.807, 2.05) is 21.9 Å². The molecule has 320 valence electrons. The molecule has 13 nitrogen and oxygen atoms in total. The van der Waals surface area contributed by atoms with Crippen molar-refractivity contribution in [2.24, 2.45) is 16.7 Å². The third-order valence-corrected chi connectivity index (χ3v) is 14.3. The fraction of sp³-hybridized carbons (Fsp3) is 0.468. The minimum absolute atomic E-state index is 0.0118. The Morgan fingerprint density at radius 2 is 1.55 bits per heavy atom. The van der Waals surface area contributed by atoms with Crippen molar-refractivity contribution in [2.75, 3.05) is 31.1 Å². The van der Waals surface area contributed by atoms with Crippen molar-refractivity contribution < 1.29 is 33.1 Å². The van der Waals surface area contributed by atoms with Crippen LogP contribution in [0.1, 0.15) is 114 Å². The molecule has 4 aliphatic heterocycles. The van der Waals surface area contributed by atoms with Gasteiger partial charge in [0, 0.05) is 67.5 Å². The summed E-state index contributed by atoms with van der Waals surface area (Å²) in [6, 6.07) is 12.5. The number of nitrogens with one attached hydrogen (secondary N) is 1. The van der Waals surface area contributed by atoms with Crippen LogP contribution in [0.3, 0.4) is 0 Å². The smallest absolute Gasteiger partial charge is 0.262 e. The number of hydrogen-bond donors (Lipinski definition) is 1. The van der Waals surface area contributed by atoms with Crippen LogP contribution >= 0.6 is 11.6 Å². The first-order chi connectivity index (χ1) is 29.6. The lowest BCUT2D eigenvalue weighted by molar-refractivity contribution is -0.199. The number of aromatic nitrogens is 1. The molecule has 2 aromatic carbocycles. The van der Waals surface area contributed by atoms with E-state index in [0.717, 1.165) is 55.4 Å². The van der Waals surface area contributed by atoms with Gasteiger partial charge in [0.2, 0.25) is 11.8 Å². The normalized spacial score (nSPS) is 26.6. The quantitative estimate of drug-likeness (QED) is 0.241. The van der Waals surface area contributed by atoms with E-state index in [0.29, 0.717) is 53.3 Å². The number of hydrogen-bond acceptors (Lipinski definition) is 10. The van der Waals surface area contributed by atoms with E-state index in [-0.39, 0.29) is 64.5 Å². The number of fused-ring (bicyclic) bond motifs is 2. The number of rotatable bonds is 6. The molecule has 2 saturated carbocycles. The third-order valence-electron chi connectivity index (χ3n) is 14.0. The van der Waals surface area contributed by atoms with Crippen LogP contribution in [-0.4, -0.2) is 99.6 Å². The number of nitriles is 1. The molecule has 1 unspecified atom stereocenters. The number of imide groups is 2. The summed E-state index contributed by atoms with van der Waals surface area (Å²) in [6.07, 6.45) is 3.69. The van der Waals surface area contributed by atoms with E-state index in [1.54, 1.807) is 18.2 Å². The largest absolute Gasteiger partial charge is 0.489 e. The number of piperazine rings is 1. The van der Waals surface area contributed by atoms with Crippen LogP contribution in [0.25, 0.3) is 0 Å². The highest BCUT2D eigenvalue weighted by Gasteiger charge is 2.67. The number of carbonyl (C=O) groups excluding carboxylic acids is 5. The van der Waals surface area contributed by atoms with E-state index < -0.39 is 35.5 Å². The van der Waals surface area contributed by atoms with Gasteiger partial charge in [0.25, 0.3) is 17.7 Å². The number of anilines is 1. The lowest BCUT2D eigenvalue weighted by Gasteiger charge is -2.65. The summed E-state index contributed by atoms with van der Waals surface area (Å²) in [5.74, 6) is 4.40. The zero-order chi connectivity index (χ0) is 43.8. The zero-order valence-electron chi connectivity index (χ0n) is 35.1. The number of pyridine rings is 1. The molecule has 2 aliphatic carbocycles. The number of piperidine rings is 1. The molecule has 1 atom stereocenters. The molecule has 4 fully saturated rings. The van der Waals surface area contributed by atoms with Crippen LogP contribution in [0.15, 0.2) is 42.5 Å². The SMILES string of the molecule is CC1(C)C(Oc2ccc(C#N)c(Cl)c2)C(C)(C)C1N1Cc2nc(C#CC3CCC(N4CCN(c5cc6c(cc5F)C(=O)N(C5CCC(=O)NC5=O)C6=O)CC4)CC3)ccc2C1=O. The van der Waals surface area contributed by atoms with E-state index in [2.05, 4.69) is 55.8 Å². The van der Waals surface area contributed by atoms with E-state index in [4.69, 9.17) is 21.3 Å². The van der Waals surface area contributed by atoms with Crippen molar-refractivity contribution in [1.82, 2.24) is 25.0 Å². The molecule has 0 spiro atoms. The maximum atomic E-state index is 15.5. The molecule has 0 radical (unpaired) electrons. The Balaban J connectivity index is 0.778. The van der Waals surface area contributed by atoms with Gasteiger partial charge in [-0.1, -0.05) is 45.2 Å². The predicted molar refractivity (Wildman–Crippen MR) is 226 cm³/mol. The van der Waals surface area contributed by atoms with Crippen molar-refractivity contribution >= 4 is 46.8 Å². The van der Waals surface area contributed by atoms with Crippen molar-refractivity contribution in [1.29, 1.82) is 5.26 Å². The summed E-state index contributed by atoms with van der Waals surface area (Å²) in [4.78, 5) is 76.4. The number of halogens is 2. The molecular weight excluding hydrogens is 813 g/mol. The Bertz CT molecular complexity index is 2530. The monoisotopic (exact) mass is 859 g/mol. The molecule has 1 N–H and O–H groups in total. The van der Waals surface area contributed by atoms with Crippen LogP contribution < -0.4 is 15.0 Å². The first-order valence-electron chi connectivity index (χ1n) is 21.3. The van der Waals surface area contributed by atoms with Crippen molar-refractivity contribution in [2.45, 2.75) is 97.0 Å². The Morgan fingerprint density at radius 1 is 0.855 bits per heavy atom. The Morgan fingerprint density at radius 3 is 2.21 bits per heavy atom. The lowest BCUT2D eigenvalue weighted by Crippen LogP contribution is -2.74. The molecule has 5 amide bonds. The first kappa shape index (κ1) is 41.5. The molecule has 5 heterocycles. The highest BCUT2D eigenvalue weighted by Crippen LogP contribution is 2.59. The highest BCUT2D eigenvalue weighted by atomic mass is 35.5. The van der Waals surface area contributed by atoms with Gasteiger partial charge >= 0.3 is 0 Å². The van der Waals surface area contributed by atoms with Crippen molar-refractivity contribution in [3.05, 3.63) is 86.9 Å². The second kappa shape index (κ2) is 15.5. The van der Waals surface area contributed by atoms with Gasteiger partial charge in [0.1, 0.15) is 35.5 Å². The summed E-state index contributed by atoms with van der Waals surface area (Å²) in [7, 11) is 0. The van der Waals surface area contributed by atoms with Crippen molar-refractivity contribution in [3.63, 3.8) is 0 Å². The second-order valence-corrected chi connectivity index (χ2v) is 18.9. The lowest BCUT2D eigenvalue weighted by atomic mass is 9.49. The van der Waals surface area contributed by atoms with E-state index in [9.17, 15) is 29.2 Å². The maximum Gasteiger partial charge on any atom is 0.262 e. The summed E-state index contributed by atoms with van der Waals surface area (Å²) in [5.41, 5.74) is 1.86. The van der Waals surface area contributed by atoms with Crippen molar-refractivity contribution in [3.8, 4) is 23.7 Å². The maximum absolute atomic E-state index is 15.5. The fourth-order valence-corrected chi connectivity index (χ4v) is 11.5. The molecule has 6 aliphatic rings. The fourth-order valence-electron chi connectivity index (χ4n) is 11.3. The van der Waals surface area contributed by atoms with Crippen LogP contribution in [-0.2, 0) is 16.1 Å². The molecule has 3 aromatic rings. The van der Waals surface area contributed by atoms with Gasteiger partial charge in [-0.3, -0.25) is 39.1 Å². The molecule has 15 heteroatoms. The van der Waals surface area contributed by atoms with Crippen LogP contribution in [0, 0.1) is 45.7 Å². The number of amides is 5.